The third kappa shape index (κ3) is 7.11. The molecule has 6 atom stereocenters. The highest BCUT2D eigenvalue weighted by atomic mass is 16.7. The van der Waals surface area contributed by atoms with Crippen LogP contribution in [0.3, 0.4) is 0 Å². The molecule has 6 nitrogen and oxygen atoms in total. The lowest BCUT2D eigenvalue weighted by Crippen LogP contribution is -2.69. The summed E-state index contributed by atoms with van der Waals surface area (Å²) in [6.45, 7) is 1.81. The number of ether oxygens (including phenoxy) is 6. The van der Waals surface area contributed by atoms with Gasteiger partial charge in [-0.1, -0.05) is 121 Å². The van der Waals surface area contributed by atoms with Crippen LogP contribution < -0.4 is 0 Å². The fourth-order valence-electron chi connectivity index (χ4n) is 5.52. The topological polar surface area (TPSA) is 55.4 Å². The summed E-state index contributed by atoms with van der Waals surface area (Å²) in [5.41, 5.74) is 4.31. The second kappa shape index (κ2) is 14.0. The maximum atomic E-state index is 6.65. The van der Waals surface area contributed by atoms with Gasteiger partial charge < -0.3 is 28.4 Å². The molecule has 4 aromatic rings. The van der Waals surface area contributed by atoms with E-state index in [1.54, 1.807) is 0 Å². The third-order valence-corrected chi connectivity index (χ3v) is 7.60. The fraction of sp³-hybridized carbons (Fsp3) is 0.314. The molecule has 1 heterocycles. The van der Waals surface area contributed by atoms with E-state index < -0.39 is 36.6 Å². The minimum absolute atomic E-state index is 0.141. The van der Waals surface area contributed by atoms with Crippen LogP contribution in [0.5, 0.6) is 0 Å². The summed E-state index contributed by atoms with van der Waals surface area (Å²) in [4.78, 5) is 0. The molecule has 2 bridgehead atoms. The molecule has 0 N–H and O–H groups in total. The van der Waals surface area contributed by atoms with E-state index in [0.717, 1.165) is 22.3 Å². The summed E-state index contributed by atoms with van der Waals surface area (Å²) >= 11 is 0. The quantitative estimate of drug-likeness (QED) is 0.212. The molecule has 6 heteroatoms. The minimum Gasteiger partial charge on any atom is -0.368 e. The zero-order chi connectivity index (χ0) is 27.7. The Hall–Kier alpha value is -3.36. The third-order valence-electron chi connectivity index (χ3n) is 7.60. The van der Waals surface area contributed by atoms with E-state index >= 15 is 0 Å². The molecule has 1 aliphatic heterocycles. The monoisotopic (exact) mass is 552 g/mol. The number of hydrogen-bond donors (Lipinski definition) is 0. The molecule has 0 radical (unpaired) electrons. The van der Waals surface area contributed by atoms with E-state index in [2.05, 4.69) is 48.5 Å². The highest BCUT2D eigenvalue weighted by Gasteiger charge is 2.57. The highest BCUT2D eigenvalue weighted by molar-refractivity contribution is 5.17. The van der Waals surface area contributed by atoms with Gasteiger partial charge in [-0.25, -0.2) is 0 Å². The van der Waals surface area contributed by atoms with Gasteiger partial charge in [-0.15, -0.1) is 0 Å². The zero-order valence-corrected chi connectivity index (χ0v) is 23.0. The Morgan fingerprint density at radius 3 is 1.02 bits per heavy atom. The molecule has 2 fully saturated rings. The summed E-state index contributed by atoms with van der Waals surface area (Å²) < 4.78 is 39.0. The first-order chi connectivity index (χ1) is 20.3. The van der Waals surface area contributed by atoms with Crippen LogP contribution in [0.25, 0.3) is 0 Å². The number of rotatable bonds is 12. The summed E-state index contributed by atoms with van der Waals surface area (Å²) in [6.07, 6.45) is -2.52. The van der Waals surface area contributed by atoms with Crippen LogP contribution >= 0.6 is 0 Å². The van der Waals surface area contributed by atoms with Gasteiger partial charge in [-0.3, -0.25) is 0 Å². The lowest BCUT2D eigenvalue weighted by atomic mass is 9.83. The smallest absolute Gasteiger partial charge is 0.148 e. The Morgan fingerprint density at radius 2 is 0.683 bits per heavy atom. The van der Waals surface area contributed by atoms with Crippen molar-refractivity contribution in [3.8, 4) is 0 Å². The van der Waals surface area contributed by atoms with Gasteiger partial charge in [0.1, 0.15) is 43.4 Å². The maximum Gasteiger partial charge on any atom is 0.148 e. The summed E-state index contributed by atoms with van der Waals surface area (Å²) in [7, 11) is 0. The van der Waals surface area contributed by atoms with Crippen LogP contribution in [0.1, 0.15) is 22.3 Å². The van der Waals surface area contributed by atoms with Crippen LogP contribution in [0, 0.1) is 0 Å². The predicted octanol–water partition coefficient (Wildman–Crippen LogP) is 6.08. The summed E-state index contributed by atoms with van der Waals surface area (Å²) in [5, 5.41) is 0. The molecule has 4 aromatic carbocycles. The Bertz CT molecular complexity index is 1240. The van der Waals surface area contributed by atoms with Crippen molar-refractivity contribution in [1.82, 2.24) is 0 Å². The molecular weight excluding hydrogens is 516 g/mol. The van der Waals surface area contributed by atoms with Gasteiger partial charge in [0.2, 0.25) is 0 Å². The van der Waals surface area contributed by atoms with Crippen molar-refractivity contribution in [3.63, 3.8) is 0 Å². The average Bonchev–Trinajstić information content (AvgIpc) is 3.04. The standard InChI is InChI=1S/C35H36O6/c1-5-13-26(14-6-1)21-36-30-31(37-22-27-15-7-2-8-16-27)34-33(39-24-29-19-11-4-12-20-29)35(41-25-40-34)32(30)38-23-28-17-9-3-10-18-28/h1-20,30-35H,21-25H2/t30?,31-,32-,33?,34-,35+/m1/s1. The first-order valence-corrected chi connectivity index (χ1v) is 14.2. The average molecular weight is 553 g/mol. The van der Waals surface area contributed by atoms with Crippen molar-refractivity contribution >= 4 is 0 Å². The van der Waals surface area contributed by atoms with E-state index in [1.807, 2.05) is 72.8 Å². The van der Waals surface area contributed by atoms with Crippen LogP contribution in [0.4, 0.5) is 0 Å². The van der Waals surface area contributed by atoms with Gasteiger partial charge >= 0.3 is 0 Å². The van der Waals surface area contributed by atoms with Crippen molar-refractivity contribution in [2.45, 2.75) is 63.1 Å². The summed E-state index contributed by atoms with van der Waals surface area (Å²) in [5.74, 6) is 0. The van der Waals surface area contributed by atoms with E-state index in [0.29, 0.717) is 26.4 Å². The maximum absolute atomic E-state index is 6.65. The molecule has 0 amide bonds. The van der Waals surface area contributed by atoms with E-state index in [-0.39, 0.29) is 6.79 Å². The van der Waals surface area contributed by atoms with Gasteiger partial charge in [0, 0.05) is 0 Å². The van der Waals surface area contributed by atoms with Gasteiger partial charge in [0.15, 0.2) is 0 Å². The molecule has 0 spiro atoms. The van der Waals surface area contributed by atoms with Crippen molar-refractivity contribution in [2.24, 2.45) is 0 Å². The molecule has 2 aliphatic rings. The van der Waals surface area contributed by atoms with Crippen molar-refractivity contribution in [3.05, 3.63) is 144 Å². The second-order valence-electron chi connectivity index (χ2n) is 10.4. The van der Waals surface area contributed by atoms with Crippen LogP contribution in [-0.2, 0) is 54.8 Å². The molecule has 0 aromatic heterocycles. The van der Waals surface area contributed by atoms with E-state index in [4.69, 9.17) is 28.4 Å². The minimum atomic E-state index is -0.450. The normalized spacial score (nSPS) is 25.6. The number of hydrogen-bond acceptors (Lipinski definition) is 6. The Balaban J connectivity index is 1.29. The Morgan fingerprint density at radius 1 is 0.390 bits per heavy atom. The molecule has 212 valence electrons. The van der Waals surface area contributed by atoms with Gasteiger partial charge in [0.05, 0.1) is 26.4 Å². The first kappa shape index (κ1) is 27.8. The highest BCUT2D eigenvalue weighted by Crippen LogP contribution is 2.38. The van der Waals surface area contributed by atoms with E-state index in [9.17, 15) is 0 Å². The zero-order valence-electron chi connectivity index (χ0n) is 23.0. The van der Waals surface area contributed by atoms with Crippen molar-refractivity contribution in [2.75, 3.05) is 6.79 Å². The lowest BCUT2D eigenvalue weighted by Gasteiger charge is -2.52. The first-order valence-electron chi connectivity index (χ1n) is 14.2. The van der Waals surface area contributed by atoms with E-state index in [1.165, 1.54) is 0 Å². The Labute approximate surface area is 241 Å². The predicted molar refractivity (Wildman–Crippen MR) is 155 cm³/mol. The molecular formula is C35H36O6. The lowest BCUT2D eigenvalue weighted by molar-refractivity contribution is -0.344. The molecule has 1 saturated heterocycles. The van der Waals surface area contributed by atoms with Crippen LogP contribution in [0.15, 0.2) is 121 Å². The van der Waals surface area contributed by atoms with Gasteiger partial charge in [-0.2, -0.15) is 0 Å². The van der Waals surface area contributed by atoms with Crippen molar-refractivity contribution < 1.29 is 28.4 Å². The molecule has 1 aliphatic carbocycles. The van der Waals surface area contributed by atoms with Gasteiger partial charge in [0.25, 0.3) is 0 Å². The molecule has 41 heavy (non-hydrogen) atoms. The molecule has 6 rings (SSSR count). The molecule has 1 saturated carbocycles. The Kier molecular flexibility index (Phi) is 9.50. The van der Waals surface area contributed by atoms with Gasteiger partial charge in [-0.05, 0) is 22.3 Å². The number of fused-ring (bicyclic) bond motifs is 2. The van der Waals surface area contributed by atoms with Crippen molar-refractivity contribution in [1.29, 1.82) is 0 Å². The largest absolute Gasteiger partial charge is 0.368 e. The molecule has 2 unspecified atom stereocenters. The number of benzene rings is 4. The SMILES string of the molecule is c1ccc(COC2[C@@H](OCc3ccccc3)[C@@H]3OCO[C@@H](C3OCc3ccccc3)[C@@H]2OCc2ccccc2)cc1. The second-order valence-corrected chi connectivity index (χ2v) is 10.4. The van der Waals surface area contributed by atoms with Crippen LogP contribution in [-0.4, -0.2) is 43.4 Å². The van der Waals surface area contributed by atoms with Crippen LogP contribution in [0.2, 0.25) is 0 Å². The fourth-order valence-corrected chi connectivity index (χ4v) is 5.52. The summed E-state index contributed by atoms with van der Waals surface area (Å²) in [6, 6.07) is 40.6.